The number of aromatic amines is 1. The van der Waals surface area contributed by atoms with Crippen LogP contribution in [0.25, 0.3) is 21.8 Å². The van der Waals surface area contributed by atoms with E-state index in [0.29, 0.717) is 0 Å². The van der Waals surface area contributed by atoms with Gasteiger partial charge in [-0.2, -0.15) is 0 Å². The van der Waals surface area contributed by atoms with Crippen LogP contribution in [0.4, 0.5) is 0 Å². The number of para-hydroxylation sites is 2. The first-order valence-corrected chi connectivity index (χ1v) is 10.1. The molecule has 0 saturated carbocycles. The third-order valence-corrected chi connectivity index (χ3v) is 5.66. The molecule has 0 radical (unpaired) electrons. The van der Waals surface area contributed by atoms with Crippen molar-refractivity contribution in [1.29, 1.82) is 0 Å². The Balaban J connectivity index is 1.80. The first-order chi connectivity index (χ1) is 13.9. The van der Waals surface area contributed by atoms with Crippen molar-refractivity contribution < 1.29 is 0 Å². The van der Waals surface area contributed by atoms with Gasteiger partial charge in [-0.25, -0.2) is 0 Å². The normalized spacial score (nSPS) is 12.6. The van der Waals surface area contributed by atoms with Crippen molar-refractivity contribution in [3.05, 3.63) is 108 Å². The molecule has 3 aromatic carbocycles. The minimum atomic E-state index is 0.195. The maximum absolute atomic E-state index is 3.48. The lowest BCUT2D eigenvalue weighted by molar-refractivity contribution is 0.700. The summed E-state index contributed by atoms with van der Waals surface area (Å²) in [6, 6.07) is 28.3. The number of benzene rings is 3. The maximum Gasteiger partial charge on any atom is 0.0483 e. The average molecular weight is 364 g/mol. The summed E-state index contributed by atoms with van der Waals surface area (Å²) in [5.41, 5.74) is 6.55. The molecule has 1 unspecified atom stereocenters. The third kappa shape index (κ3) is 2.73. The highest BCUT2D eigenvalue weighted by Crippen LogP contribution is 2.40. The number of aromatic nitrogens is 2. The Hall–Kier alpha value is -3.26. The fourth-order valence-electron chi connectivity index (χ4n) is 4.44. The molecule has 0 aliphatic heterocycles. The second-order valence-electron chi connectivity index (χ2n) is 7.43. The fraction of sp³-hybridized carbons (Fsp3) is 0.154. The molecule has 2 aromatic heterocycles. The summed E-state index contributed by atoms with van der Waals surface area (Å²) >= 11 is 0. The number of rotatable bonds is 5. The second-order valence-corrected chi connectivity index (χ2v) is 7.43. The topological polar surface area (TPSA) is 20.7 Å². The van der Waals surface area contributed by atoms with Gasteiger partial charge in [-0.05, 0) is 35.2 Å². The Kier molecular flexibility index (Phi) is 4.25. The van der Waals surface area contributed by atoms with Crippen molar-refractivity contribution in [2.45, 2.75) is 25.8 Å². The molecule has 5 aromatic rings. The highest BCUT2D eigenvalue weighted by Gasteiger charge is 2.23. The molecule has 0 spiro atoms. The molecule has 2 nitrogen and oxygen atoms in total. The highest BCUT2D eigenvalue weighted by molar-refractivity contribution is 5.89. The maximum atomic E-state index is 3.48. The largest absolute Gasteiger partial charge is 0.361 e. The zero-order valence-electron chi connectivity index (χ0n) is 16.1. The lowest BCUT2D eigenvalue weighted by Gasteiger charge is -2.17. The van der Waals surface area contributed by atoms with Crippen molar-refractivity contribution >= 4 is 21.8 Å². The van der Waals surface area contributed by atoms with E-state index >= 15 is 0 Å². The van der Waals surface area contributed by atoms with Crippen molar-refractivity contribution in [1.82, 2.24) is 9.55 Å². The van der Waals surface area contributed by atoms with E-state index in [0.717, 1.165) is 13.0 Å². The van der Waals surface area contributed by atoms with Gasteiger partial charge in [0.05, 0.1) is 0 Å². The monoisotopic (exact) mass is 364 g/mol. The summed E-state index contributed by atoms with van der Waals surface area (Å²) in [5, 5.41) is 2.64. The average Bonchev–Trinajstić information content (AvgIpc) is 3.33. The summed E-state index contributed by atoms with van der Waals surface area (Å²) in [6.45, 7) is 3.28. The van der Waals surface area contributed by atoms with Crippen LogP contribution in [-0.4, -0.2) is 9.55 Å². The van der Waals surface area contributed by atoms with Crippen molar-refractivity contribution in [2.24, 2.45) is 0 Å². The van der Waals surface area contributed by atoms with Crippen molar-refractivity contribution in [3.63, 3.8) is 0 Å². The van der Waals surface area contributed by atoms with Crippen LogP contribution in [0, 0.1) is 0 Å². The van der Waals surface area contributed by atoms with Gasteiger partial charge in [-0.3, -0.25) is 0 Å². The van der Waals surface area contributed by atoms with E-state index < -0.39 is 0 Å². The molecular formula is C26H24N2. The van der Waals surface area contributed by atoms with Gasteiger partial charge in [0.2, 0.25) is 0 Å². The lowest BCUT2D eigenvalue weighted by Crippen LogP contribution is -2.02. The van der Waals surface area contributed by atoms with E-state index in [4.69, 9.17) is 0 Å². The molecular weight excluding hydrogens is 340 g/mol. The molecule has 2 heterocycles. The summed E-state index contributed by atoms with van der Waals surface area (Å²) in [4.78, 5) is 3.48. The Labute approximate surface area is 165 Å². The number of H-pyrrole nitrogens is 1. The summed E-state index contributed by atoms with van der Waals surface area (Å²) in [5.74, 6) is 0.195. The van der Waals surface area contributed by atoms with Gasteiger partial charge >= 0.3 is 0 Å². The Morgan fingerprint density at radius 1 is 0.786 bits per heavy atom. The van der Waals surface area contributed by atoms with Crippen LogP contribution in [0.3, 0.4) is 0 Å². The Morgan fingerprint density at radius 3 is 2.32 bits per heavy atom. The minimum absolute atomic E-state index is 0.195. The van der Waals surface area contributed by atoms with Gasteiger partial charge in [0.25, 0.3) is 0 Å². The molecule has 0 aliphatic rings. The Morgan fingerprint density at radius 2 is 1.50 bits per heavy atom. The van der Waals surface area contributed by atoms with Gasteiger partial charge in [0.15, 0.2) is 0 Å². The first kappa shape index (κ1) is 16.9. The predicted octanol–water partition coefficient (Wildman–Crippen LogP) is 6.71. The molecule has 0 saturated heterocycles. The summed E-state index contributed by atoms with van der Waals surface area (Å²) in [7, 11) is 0. The van der Waals surface area contributed by atoms with Crippen molar-refractivity contribution in [3.8, 4) is 0 Å². The number of fused-ring (bicyclic) bond motifs is 2. The van der Waals surface area contributed by atoms with Crippen LogP contribution >= 0.6 is 0 Å². The van der Waals surface area contributed by atoms with E-state index in [2.05, 4.69) is 108 Å². The number of nitrogens with one attached hydrogen (secondary N) is 1. The molecule has 5 rings (SSSR count). The summed E-state index contributed by atoms with van der Waals surface area (Å²) in [6.07, 6.45) is 5.68. The first-order valence-electron chi connectivity index (χ1n) is 10.1. The lowest BCUT2D eigenvalue weighted by atomic mass is 9.85. The van der Waals surface area contributed by atoms with E-state index in [1.54, 1.807) is 0 Å². The zero-order valence-corrected chi connectivity index (χ0v) is 16.1. The number of hydrogen-bond acceptors (Lipinski definition) is 0. The van der Waals surface area contributed by atoms with Gasteiger partial charge in [0.1, 0.15) is 0 Å². The van der Waals surface area contributed by atoms with Gasteiger partial charge in [-0.1, -0.05) is 73.7 Å². The molecule has 2 heteroatoms. The van der Waals surface area contributed by atoms with Crippen LogP contribution in [0.15, 0.2) is 91.3 Å². The highest BCUT2D eigenvalue weighted by atomic mass is 15.0. The molecule has 1 N–H and O–H groups in total. The molecule has 28 heavy (non-hydrogen) atoms. The van der Waals surface area contributed by atoms with Crippen molar-refractivity contribution in [2.75, 3.05) is 0 Å². The standard InChI is InChI=1S/C26H24N2/c1-2-16-28-18-23(21-13-7-9-15-25(21)28)26(19-10-4-3-5-11-19)22-17-27-24-14-8-6-12-20(22)24/h3-15,17-18,26-27H,2,16H2,1H3. The van der Waals surface area contributed by atoms with E-state index in [9.17, 15) is 0 Å². The molecule has 138 valence electrons. The van der Waals surface area contributed by atoms with Gasteiger partial charge < -0.3 is 9.55 Å². The second kappa shape index (κ2) is 7.05. The third-order valence-electron chi connectivity index (χ3n) is 5.66. The smallest absolute Gasteiger partial charge is 0.0483 e. The van der Waals surface area contributed by atoms with Crippen LogP contribution < -0.4 is 0 Å². The SMILES string of the molecule is CCCn1cc(C(c2ccccc2)c2c[nH]c3ccccc23)c2ccccc21. The van der Waals surface area contributed by atoms with Crippen LogP contribution in [0.2, 0.25) is 0 Å². The summed E-state index contributed by atoms with van der Waals surface area (Å²) < 4.78 is 2.41. The van der Waals surface area contributed by atoms with E-state index in [-0.39, 0.29) is 5.92 Å². The molecule has 0 bridgehead atoms. The van der Waals surface area contributed by atoms with E-state index in [1.807, 2.05) is 0 Å². The van der Waals surface area contributed by atoms with Gasteiger partial charge in [0, 0.05) is 46.7 Å². The quantitative estimate of drug-likeness (QED) is 0.358. The molecule has 0 fully saturated rings. The number of aryl methyl sites for hydroxylation is 1. The number of hydrogen-bond donors (Lipinski definition) is 1. The molecule has 0 aliphatic carbocycles. The molecule has 0 amide bonds. The predicted molar refractivity (Wildman–Crippen MR) is 118 cm³/mol. The van der Waals surface area contributed by atoms with Crippen LogP contribution in [0.5, 0.6) is 0 Å². The minimum Gasteiger partial charge on any atom is -0.361 e. The fourth-order valence-corrected chi connectivity index (χ4v) is 4.44. The molecule has 1 atom stereocenters. The van der Waals surface area contributed by atoms with Crippen LogP contribution in [-0.2, 0) is 6.54 Å². The van der Waals surface area contributed by atoms with E-state index in [1.165, 1.54) is 38.5 Å². The zero-order chi connectivity index (χ0) is 18.9. The van der Waals surface area contributed by atoms with Crippen LogP contribution in [0.1, 0.15) is 36.0 Å². The Bertz CT molecular complexity index is 1230. The number of nitrogens with zero attached hydrogens (tertiary/aromatic N) is 1. The van der Waals surface area contributed by atoms with Gasteiger partial charge in [-0.15, -0.1) is 0 Å².